The topological polar surface area (TPSA) is 72.7 Å². The molecule has 1 amide bonds. The lowest BCUT2D eigenvalue weighted by molar-refractivity contribution is 0.102. The molecule has 1 N–H and O–H groups in total. The molecule has 0 unspecified atom stereocenters. The molecule has 3 aromatic rings. The number of benzene rings is 1. The van der Waals surface area contributed by atoms with E-state index in [4.69, 9.17) is 11.6 Å². The van der Waals surface area contributed by atoms with Gasteiger partial charge in [0.2, 0.25) is 0 Å². The highest BCUT2D eigenvalue weighted by atomic mass is 35.5. The maximum Gasteiger partial charge on any atom is 0.277 e. The molecule has 0 radical (unpaired) electrons. The fraction of sp³-hybridized carbons (Fsp3) is 0.125. The van der Waals surface area contributed by atoms with Crippen LogP contribution >= 0.6 is 11.6 Å². The summed E-state index contributed by atoms with van der Waals surface area (Å²) in [6.07, 6.45) is 4.46. The summed E-state index contributed by atoms with van der Waals surface area (Å²) in [5.74, 6) is -0.425. The Morgan fingerprint density at radius 1 is 1.29 bits per heavy atom. The number of nitrogens with one attached hydrogen (secondary N) is 1. The third-order valence-electron chi connectivity index (χ3n) is 3.29. The number of carbonyl (C=O) groups is 1. The van der Waals surface area contributed by atoms with Gasteiger partial charge in [0.1, 0.15) is 17.3 Å². The lowest BCUT2D eigenvalue weighted by Gasteiger charge is -2.09. The highest BCUT2D eigenvalue weighted by molar-refractivity contribution is 6.30. The van der Waals surface area contributed by atoms with Crippen molar-refractivity contribution in [3.8, 4) is 0 Å². The molecule has 3 rings (SSSR count). The predicted molar refractivity (Wildman–Crippen MR) is 87.5 cm³/mol. The first-order valence-electron chi connectivity index (χ1n) is 7.08. The largest absolute Gasteiger partial charge is 0.305 e. The zero-order valence-electron chi connectivity index (χ0n) is 12.7. The SMILES string of the molecule is Cc1cnc(C(=O)Nc2ccnn2Cc2ccc(Cl)c(F)c2)cn1. The van der Waals surface area contributed by atoms with Crippen molar-refractivity contribution in [2.45, 2.75) is 13.5 Å². The molecule has 0 aliphatic rings. The van der Waals surface area contributed by atoms with E-state index in [1.165, 1.54) is 24.5 Å². The summed E-state index contributed by atoms with van der Waals surface area (Å²) in [5, 5.41) is 6.91. The Balaban J connectivity index is 1.76. The Morgan fingerprint density at radius 3 is 2.83 bits per heavy atom. The molecule has 1 aromatic carbocycles. The van der Waals surface area contributed by atoms with Crippen LogP contribution < -0.4 is 5.32 Å². The quantitative estimate of drug-likeness (QED) is 0.788. The van der Waals surface area contributed by atoms with Crippen LogP contribution in [-0.2, 0) is 6.54 Å². The molecule has 2 heterocycles. The van der Waals surface area contributed by atoms with Gasteiger partial charge in [0.15, 0.2) is 0 Å². The number of hydrogen-bond donors (Lipinski definition) is 1. The van der Waals surface area contributed by atoms with Crippen LogP contribution in [0.15, 0.2) is 42.9 Å². The smallest absolute Gasteiger partial charge is 0.277 e. The molecular weight excluding hydrogens is 333 g/mol. The van der Waals surface area contributed by atoms with Gasteiger partial charge in [0.25, 0.3) is 5.91 Å². The molecule has 0 fully saturated rings. The third kappa shape index (κ3) is 3.57. The van der Waals surface area contributed by atoms with Crippen molar-refractivity contribution < 1.29 is 9.18 Å². The number of aryl methyl sites for hydroxylation is 1. The summed E-state index contributed by atoms with van der Waals surface area (Å²) in [7, 11) is 0. The van der Waals surface area contributed by atoms with E-state index in [-0.39, 0.29) is 17.3 Å². The van der Waals surface area contributed by atoms with Crippen molar-refractivity contribution in [3.63, 3.8) is 0 Å². The molecule has 2 aromatic heterocycles. The Morgan fingerprint density at radius 2 is 2.12 bits per heavy atom. The minimum atomic E-state index is -0.498. The standard InChI is InChI=1S/C16H13ClFN5O/c1-10-7-20-14(8-19-10)16(24)22-15-4-5-21-23(15)9-11-2-3-12(17)13(18)6-11/h2-8H,9H2,1H3,(H,22,24). The summed E-state index contributed by atoms with van der Waals surface area (Å²) in [5.41, 5.74) is 1.60. The summed E-state index contributed by atoms with van der Waals surface area (Å²) >= 11 is 5.67. The molecule has 0 bridgehead atoms. The highest BCUT2D eigenvalue weighted by Crippen LogP contribution is 2.17. The van der Waals surface area contributed by atoms with Gasteiger partial charge in [-0.1, -0.05) is 17.7 Å². The van der Waals surface area contributed by atoms with E-state index >= 15 is 0 Å². The number of hydrogen-bond acceptors (Lipinski definition) is 4. The first-order valence-corrected chi connectivity index (χ1v) is 7.46. The average molecular weight is 346 g/mol. The van der Waals surface area contributed by atoms with Crippen molar-refractivity contribution in [2.24, 2.45) is 0 Å². The third-order valence-corrected chi connectivity index (χ3v) is 3.59. The maximum absolute atomic E-state index is 13.5. The zero-order valence-corrected chi connectivity index (χ0v) is 13.5. The van der Waals surface area contributed by atoms with E-state index in [9.17, 15) is 9.18 Å². The van der Waals surface area contributed by atoms with Crippen LogP contribution in [0.4, 0.5) is 10.2 Å². The summed E-state index contributed by atoms with van der Waals surface area (Å²) in [6.45, 7) is 2.07. The van der Waals surface area contributed by atoms with Gasteiger partial charge in [0, 0.05) is 12.3 Å². The number of nitrogens with zero attached hydrogens (tertiary/aromatic N) is 4. The minimum absolute atomic E-state index is 0.0608. The van der Waals surface area contributed by atoms with Gasteiger partial charge in [-0.3, -0.25) is 9.78 Å². The van der Waals surface area contributed by atoms with E-state index in [2.05, 4.69) is 20.4 Å². The fourth-order valence-electron chi connectivity index (χ4n) is 2.07. The molecule has 0 aliphatic carbocycles. The van der Waals surface area contributed by atoms with Crippen molar-refractivity contribution in [1.82, 2.24) is 19.7 Å². The van der Waals surface area contributed by atoms with E-state index in [0.717, 1.165) is 5.69 Å². The van der Waals surface area contributed by atoms with Crippen LogP contribution in [0.2, 0.25) is 5.02 Å². The lowest BCUT2D eigenvalue weighted by Crippen LogP contribution is -2.17. The molecule has 0 aliphatic heterocycles. The number of halogens is 2. The second-order valence-corrected chi connectivity index (χ2v) is 5.53. The van der Waals surface area contributed by atoms with Crippen LogP contribution in [0.25, 0.3) is 0 Å². The van der Waals surface area contributed by atoms with Crippen LogP contribution in [0.5, 0.6) is 0 Å². The maximum atomic E-state index is 13.5. The molecule has 0 spiro atoms. The van der Waals surface area contributed by atoms with Crippen LogP contribution in [0, 0.1) is 12.7 Å². The van der Waals surface area contributed by atoms with E-state index < -0.39 is 11.7 Å². The van der Waals surface area contributed by atoms with Crippen molar-refractivity contribution in [3.05, 3.63) is 70.6 Å². The van der Waals surface area contributed by atoms with Gasteiger partial charge in [-0.05, 0) is 24.6 Å². The Labute approximate surface area is 142 Å². The number of amides is 1. The molecule has 0 saturated heterocycles. The molecule has 122 valence electrons. The van der Waals surface area contributed by atoms with Crippen LogP contribution in [0.3, 0.4) is 0 Å². The van der Waals surface area contributed by atoms with Crippen LogP contribution in [-0.4, -0.2) is 25.7 Å². The summed E-state index contributed by atoms with van der Waals surface area (Å²) < 4.78 is 15.1. The van der Waals surface area contributed by atoms with Crippen LogP contribution in [0.1, 0.15) is 21.7 Å². The second-order valence-electron chi connectivity index (χ2n) is 5.12. The Kier molecular flexibility index (Phi) is 4.52. The molecule has 0 saturated carbocycles. The molecule has 6 nitrogen and oxygen atoms in total. The molecule has 0 atom stereocenters. The number of aromatic nitrogens is 4. The van der Waals surface area contributed by atoms with Gasteiger partial charge in [-0.2, -0.15) is 5.10 Å². The summed E-state index contributed by atoms with van der Waals surface area (Å²) in [6, 6.07) is 6.16. The van der Waals surface area contributed by atoms with Gasteiger partial charge < -0.3 is 5.32 Å². The number of rotatable bonds is 4. The first kappa shape index (κ1) is 16.1. The van der Waals surface area contributed by atoms with Crippen molar-refractivity contribution >= 4 is 23.3 Å². The number of anilines is 1. The van der Waals surface area contributed by atoms with Crippen molar-refractivity contribution in [1.29, 1.82) is 0 Å². The van der Waals surface area contributed by atoms with Gasteiger partial charge in [0.05, 0.1) is 29.7 Å². The fourth-order valence-corrected chi connectivity index (χ4v) is 2.18. The van der Waals surface area contributed by atoms with Gasteiger partial charge in [-0.25, -0.2) is 14.1 Å². The second kappa shape index (κ2) is 6.76. The number of carbonyl (C=O) groups excluding carboxylic acids is 1. The summed E-state index contributed by atoms with van der Waals surface area (Å²) in [4.78, 5) is 20.3. The molecule has 8 heteroatoms. The zero-order chi connectivity index (χ0) is 17.1. The molecule has 24 heavy (non-hydrogen) atoms. The van der Waals surface area contributed by atoms with Gasteiger partial charge in [-0.15, -0.1) is 0 Å². The Hall–Kier alpha value is -2.80. The Bertz CT molecular complexity index is 878. The minimum Gasteiger partial charge on any atom is -0.305 e. The predicted octanol–water partition coefficient (Wildman–Crippen LogP) is 3.07. The average Bonchev–Trinajstić information content (AvgIpc) is 2.98. The van der Waals surface area contributed by atoms with Crippen molar-refractivity contribution in [2.75, 3.05) is 5.32 Å². The normalized spacial score (nSPS) is 10.6. The van der Waals surface area contributed by atoms with E-state index in [1.807, 2.05) is 0 Å². The van der Waals surface area contributed by atoms with Gasteiger partial charge >= 0.3 is 0 Å². The highest BCUT2D eigenvalue weighted by Gasteiger charge is 2.12. The van der Waals surface area contributed by atoms with E-state index in [1.54, 1.807) is 29.9 Å². The monoisotopic (exact) mass is 345 g/mol. The molecular formula is C16H13ClFN5O. The lowest BCUT2D eigenvalue weighted by atomic mass is 10.2. The van der Waals surface area contributed by atoms with E-state index in [0.29, 0.717) is 11.4 Å². The first-order chi connectivity index (χ1) is 11.5.